The van der Waals surface area contributed by atoms with Gasteiger partial charge in [0.2, 0.25) is 0 Å². The fourth-order valence-corrected chi connectivity index (χ4v) is 7.25. The predicted molar refractivity (Wildman–Crippen MR) is 217 cm³/mol. The molecule has 0 radical (unpaired) electrons. The number of rotatable bonds is 6. The minimum Gasteiger partial charge on any atom is -0.462 e. The molecule has 6 nitrogen and oxygen atoms in total. The number of nitrogens with one attached hydrogen (secondary N) is 2. The first-order chi connectivity index (χ1) is 26.1. The van der Waals surface area contributed by atoms with Crippen LogP contribution < -0.4 is 0 Å². The molecule has 0 atom stereocenters. The van der Waals surface area contributed by atoms with E-state index >= 15 is 0 Å². The highest BCUT2D eigenvalue weighted by Crippen LogP contribution is 2.38. The van der Waals surface area contributed by atoms with Crippen molar-refractivity contribution in [2.45, 2.75) is 6.92 Å². The predicted octanol–water partition coefficient (Wildman–Crippen LogP) is 11.5. The average molecular weight is 687 g/mol. The number of fused-ring (bicyclic) bond motifs is 8. The molecule has 2 aliphatic heterocycles. The molecule has 7 aromatic rings. The van der Waals surface area contributed by atoms with Gasteiger partial charge in [0, 0.05) is 44.3 Å². The maximum Gasteiger partial charge on any atom is 0.338 e. The van der Waals surface area contributed by atoms with Crippen LogP contribution >= 0.6 is 0 Å². The Morgan fingerprint density at radius 1 is 0.472 bits per heavy atom. The Kier molecular flexibility index (Phi) is 8.18. The van der Waals surface area contributed by atoms with Crippen molar-refractivity contribution < 1.29 is 9.53 Å². The topological polar surface area (TPSA) is 83.7 Å². The van der Waals surface area contributed by atoms with Crippen LogP contribution in [0.5, 0.6) is 0 Å². The molecule has 2 N–H and O–H groups in total. The summed E-state index contributed by atoms with van der Waals surface area (Å²) in [7, 11) is 0. The first-order valence-electron chi connectivity index (χ1n) is 17.7. The Bertz CT molecular complexity index is 2700. The Morgan fingerprint density at radius 2 is 0.830 bits per heavy atom. The first-order valence-corrected chi connectivity index (χ1v) is 17.7. The number of carbonyl (C=O) groups excluding carboxylic acids is 1. The normalized spacial score (nSPS) is 11.9. The van der Waals surface area contributed by atoms with Crippen LogP contribution in [0.3, 0.4) is 0 Å². The van der Waals surface area contributed by atoms with Crippen LogP contribution in [0.1, 0.15) is 40.1 Å². The molecule has 0 unspecified atom stereocenters. The summed E-state index contributed by atoms with van der Waals surface area (Å²) in [5.41, 5.74) is 15.3. The lowest BCUT2D eigenvalue weighted by Crippen LogP contribution is -2.04. The van der Waals surface area contributed by atoms with Crippen LogP contribution in [0.25, 0.3) is 90.9 Å². The molecule has 0 saturated heterocycles. The summed E-state index contributed by atoms with van der Waals surface area (Å²) in [5, 5.41) is 0. The number of H-pyrrole nitrogens is 2. The molecule has 5 heterocycles. The van der Waals surface area contributed by atoms with Crippen LogP contribution in [-0.2, 0) is 4.74 Å². The average Bonchev–Trinajstić information content (AvgIpc) is 4.04. The second-order valence-corrected chi connectivity index (χ2v) is 12.9. The molecule has 0 saturated carbocycles. The second kappa shape index (κ2) is 13.6. The van der Waals surface area contributed by atoms with Crippen molar-refractivity contribution in [3.8, 4) is 44.5 Å². The van der Waals surface area contributed by atoms with Crippen molar-refractivity contribution in [1.29, 1.82) is 0 Å². The Balaban J connectivity index is 1.45. The zero-order valence-corrected chi connectivity index (χ0v) is 29.0. The van der Waals surface area contributed by atoms with E-state index in [2.05, 4.69) is 107 Å². The van der Waals surface area contributed by atoms with Crippen LogP contribution in [-0.4, -0.2) is 32.5 Å². The van der Waals surface area contributed by atoms with Crippen LogP contribution in [0.15, 0.2) is 140 Å². The standard InChI is InChI=1S/C47H34N4O2/c1-2-53-47(52)34-20-12-19-33(29-34)46-41-27-25-39(50-41)44(31-15-8-4-9-16-31)37-23-21-35(48-37)43(30-13-6-3-7-14-30)36-22-24-38(49-36)45(32-17-10-5-11-18-32)40-26-28-42(46)51-40/h3-29,48,51H,2H2,1H3. The molecule has 2 aliphatic rings. The van der Waals surface area contributed by atoms with Gasteiger partial charge in [0.15, 0.2) is 0 Å². The van der Waals surface area contributed by atoms with Crippen molar-refractivity contribution >= 4 is 52.3 Å². The van der Waals surface area contributed by atoms with Gasteiger partial charge < -0.3 is 14.7 Å². The van der Waals surface area contributed by atoms with Gasteiger partial charge in [0.05, 0.1) is 34.9 Å². The SMILES string of the molecule is CCOC(=O)c1cccc(-c2c3nc(c(-c4ccccc4)c4ccc([nH]4)c(-c4ccccc4)c4nc(c(-c5ccccc5)c5ccc2[nH]5)C=C4)C=C3)c1. The van der Waals surface area contributed by atoms with E-state index in [0.29, 0.717) is 12.2 Å². The Morgan fingerprint density at radius 3 is 1.21 bits per heavy atom. The highest BCUT2D eigenvalue weighted by Gasteiger charge is 2.19. The quantitative estimate of drug-likeness (QED) is 0.171. The van der Waals surface area contributed by atoms with Gasteiger partial charge in [-0.05, 0) is 89.9 Å². The summed E-state index contributed by atoms with van der Waals surface area (Å²) in [6.07, 6.45) is 8.33. The van der Waals surface area contributed by atoms with Gasteiger partial charge in [-0.3, -0.25) is 0 Å². The molecule has 4 aromatic carbocycles. The highest BCUT2D eigenvalue weighted by molar-refractivity contribution is 6.00. The number of aromatic amines is 2. The van der Waals surface area contributed by atoms with Crippen molar-refractivity contribution in [3.05, 3.63) is 168 Å². The van der Waals surface area contributed by atoms with Gasteiger partial charge in [-0.2, -0.15) is 0 Å². The van der Waals surface area contributed by atoms with E-state index < -0.39 is 0 Å². The summed E-state index contributed by atoms with van der Waals surface area (Å²) in [6, 6.07) is 47.1. The lowest BCUT2D eigenvalue weighted by Gasteiger charge is -2.08. The molecule has 0 aliphatic carbocycles. The van der Waals surface area contributed by atoms with Crippen LogP contribution in [0.4, 0.5) is 0 Å². The maximum atomic E-state index is 12.9. The third-order valence-electron chi connectivity index (χ3n) is 9.60. The summed E-state index contributed by atoms with van der Waals surface area (Å²) in [5.74, 6) is -0.363. The molecule has 9 rings (SSSR count). The number of carbonyl (C=O) groups is 1. The van der Waals surface area contributed by atoms with E-state index in [1.54, 1.807) is 6.07 Å². The smallest absolute Gasteiger partial charge is 0.338 e. The summed E-state index contributed by atoms with van der Waals surface area (Å²) < 4.78 is 5.39. The van der Waals surface area contributed by atoms with E-state index in [9.17, 15) is 4.79 Å². The monoisotopic (exact) mass is 686 g/mol. The molecule has 53 heavy (non-hydrogen) atoms. The van der Waals surface area contributed by atoms with Crippen LogP contribution in [0.2, 0.25) is 0 Å². The van der Waals surface area contributed by atoms with E-state index in [1.165, 1.54) is 0 Å². The number of hydrogen-bond donors (Lipinski definition) is 2. The third-order valence-corrected chi connectivity index (χ3v) is 9.60. The van der Waals surface area contributed by atoms with Crippen molar-refractivity contribution in [2.75, 3.05) is 6.61 Å². The molecular formula is C47H34N4O2. The molecule has 254 valence electrons. The molecule has 3 aromatic heterocycles. The van der Waals surface area contributed by atoms with E-state index in [-0.39, 0.29) is 5.97 Å². The van der Waals surface area contributed by atoms with E-state index in [1.807, 2.05) is 67.6 Å². The molecule has 8 bridgehead atoms. The fourth-order valence-electron chi connectivity index (χ4n) is 7.25. The van der Waals surface area contributed by atoms with Crippen molar-refractivity contribution in [1.82, 2.24) is 19.9 Å². The van der Waals surface area contributed by atoms with Gasteiger partial charge in [-0.25, -0.2) is 14.8 Å². The minimum absolute atomic E-state index is 0.298. The third kappa shape index (κ3) is 5.96. The molecule has 6 heteroatoms. The summed E-state index contributed by atoms with van der Waals surface area (Å²) in [6.45, 7) is 2.11. The Labute approximate surface area is 306 Å². The summed E-state index contributed by atoms with van der Waals surface area (Å²) >= 11 is 0. The maximum absolute atomic E-state index is 12.9. The lowest BCUT2D eigenvalue weighted by atomic mass is 10.0. The number of esters is 1. The zero-order chi connectivity index (χ0) is 35.7. The highest BCUT2D eigenvalue weighted by atomic mass is 16.5. The zero-order valence-electron chi connectivity index (χ0n) is 29.0. The van der Waals surface area contributed by atoms with Gasteiger partial charge in [0.25, 0.3) is 0 Å². The Hall–Kier alpha value is -7.05. The molecule has 0 spiro atoms. The van der Waals surface area contributed by atoms with E-state index in [4.69, 9.17) is 14.7 Å². The number of nitrogens with zero attached hydrogens (tertiary/aromatic N) is 2. The van der Waals surface area contributed by atoms with E-state index in [0.717, 1.165) is 89.4 Å². The van der Waals surface area contributed by atoms with Crippen molar-refractivity contribution in [3.63, 3.8) is 0 Å². The molecular weight excluding hydrogens is 653 g/mol. The number of hydrogen-bond acceptors (Lipinski definition) is 4. The molecule has 0 fully saturated rings. The second-order valence-electron chi connectivity index (χ2n) is 12.9. The largest absolute Gasteiger partial charge is 0.462 e. The van der Waals surface area contributed by atoms with Crippen LogP contribution in [0, 0.1) is 0 Å². The molecule has 0 amide bonds. The van der Waals surface area contributed by atoms with Gasteiger partial charge in [0.1, 0.15) is 0 Å². The number of benzene rings is 4. The van der Waals surface area contributed by atoms with Gasteiger partial charge >= 0.3 is 5.97 Å². The lowest BCUT2D eigenvalue weighted by molar-refractivity contribution is 0.0526. The van der Waals surface area contributed by atoms with Gasteiger partial charge in [-0.1, -0.05) is 103 Å². The van der Waals surface area contributed by atoms with Gasteiger partial charge in [-0.15, -0.1) is 0 Å². The first kappa shape index (κ1) is 31.9. The minimum atomic E-state index is -0.363. The fraction of sp³-hybridized carbons (Fsp3) is 0.0426. The summed E-state index contributed by atoms with van der Waals surface area (Å²) in [4.78, 5) is 31.2. The number of ether oxygens (including phenoxy) is 1. The number of aromatic nitrogens is 4. The van der Waals surface area contributed by atoms with Crippen molar-refractivity contribution in [2.24, 2.45) is 0 Å².